The first-order valence-corrected chi connectivity index (χ1v) is 17.2. The van der Waals surface area contributed by atoms with Gasteiger partial charge in [-0.2, -0.15) is 0 Å². The molecule has 2 aromatic rings. The summed E-state index contributed by atoms with van der Waals surface area (Å²) in [6, 6.07) is 19.5. The topological polar surface area (TPSA) is 9.23 Å². The molecule has 2 aromatic carbocycles. The zero-order valence-electron chi connectivity index (χ0n) is 16.3. The third kappa shape index (κ3) is 16.8. The molecule has 0 saturated carbocycles. The molecule has 0 fully saturated rings. The Labute approximate surface area is 181 Å². The van der Waals surface area contributed by atoms with E-state index in [0.29, 0.717) is 5.92 Å². The molecule has 2 rings (SSSR count). The van der Waals surface area contributed by atoms with E-state index in [0.717, 1.165) is 12.4 Å². The fraction of sp³-hybridized carbons (Fsp3) is 0.400. The first-order chi connectivity index (χ1) is 13.3. The molecular formula is C20H26F6IOSb. The summed E-state index contributed by atoms with van der Waals surface area (Å²) in [6.07, 6.45) is 5.07. The molecule has 0 saturated heterocycles. The summed E-state index contributed by atoms with van der Waals surface area (Å²) in [5.41, 5.74) is 0. The molecule has 29 heavy (non-hydrogen) atoms. The van der Waals surface area contributed by atoms with E-state index in [1.54, 1.807) is 0 Å². The van der Waals surface area contributed by atoms with Crippen LogP contribution in [0.15, 0.2) is 54.6 Å². The molecule has 1 nitrogen and oxygen atoms in total. The Balaban J connectivity index is 0.000000516. The van der Waals surface area contributed by atoms with Crippen molar-refractivity contribution < 1.29 is 42.8 Å². The van der Waals surface area contributed by atoms with Crippen molar-refractivity contribution in [2.75, 3.05) is 6.61 Å². The van der Waals surface area contributed by atoms with Gasteiger partial charge in [0.2, 0.25) is 0 Å². The molecule has 9 heteroatoms. The van der Waals surface area contributed by atoms with Gasteiger partial charge in [-0.15, -0.1) is 0 Å². The van der Waals surface area contributed by atoms with Crippen LogP contribution in [-0.2, 0) is 0 Å². The predicted octanol–water partition coefficient (Wildman–Crippen LogP) is 4.55. The van der Waals surface area contributed by atoms with Crippen molar-refractivity contribution in [1.29, 1.82) is 0 Å². The van der Waals surface area contributed by atoms with Crippen molar-refractivity contribution >= 4 is 19.5 Å². The van der Waals surface area contributed by atoms with Crippen molar-refractivity contribution in [3.8, 4) is 5.75 Å². The molecule has 0 aliphatic carbocycles. The zero-order valence-corrected chi connectivity index (χ0v) is 21.0. The van der Waals surface area contributed by atoms with Crippen molar-refractivity contribution in [2.45, 2.75) is 39.5 Å². The summed E-state index contributed by atoms with van der Waals surface area (Å²) < 4.78 is 68.4. The number of hydrogen-bond acceptors (Lipinski definition) is 1. The standard InChI is InChI=1S/C20H26IO.6FH.Sb/c1-3-5-9-17(4-2)16-22-20-14-12-19(13-15-20)21-18-10-7-6-8-11-18;;;;;;;/h6-8,10-15,17H,3-5,9,16H2,1-2H3;6*1H;/q+1;;;;;;;+5/p-6. The second-order valence-electron chi connectivity index (χ2n) is 6.53. The second kappa shape index (κ2) is 10.6. The fourth-order valence-corrected chi connectivity index (χ4v) is 4.52. The van der Waals surface area contributed by atoms with Crippen molar-refractivity contribution in [1.82, 2.24) is 0 Å². The molecule has 1 atom stereocenters. The molecule has 0 spiro atoms. The van der Waals surface area contributed by atoms with Crippen LogP contribution in [0, 0.1) is 13.1 Å². The van der Waals surface area contributed by atoms with Gasteiger partial charge in [0.25, 0.3) is 0 Å². The summed E-state index contributed by atoms with van der Waals surface area (Å²) >= 11 is -11.3. The first kappa shape index (κ1) is 26.4. The number of unbranched alkanes of at least 4 members (excludes halogenated alkanes) is 1. The number of ether oxygens (including phenoxy) is 1. The van der Waals surface area contributed by atoms with Gasteiger partial charge in [-0.1, -0.05) is 51.3 Å². The summed E-state index contributed by atoms with van der Waals surface area (Å²) in [6.45, 7) is 5.36. The average Bonchev–Trinajstić information content (AvgIpc) is 2.61. The van der Waals surface area contributed by atoms with Crippen LogP contribution in [-0.4, -0.2) is 26.1 Å². The van der Waals surface area contributed by atoms with Gasteiger partial charge in [0.05, 0.1) is 6.61 Å². The molecule has 0 aliphatic heterocycles. The van der Waals surface area contributed by atoms with Crippen LogP contribution >= 0.6 is 0 Å². The van der Waals surface area contributed by atoms with Gasteiger partial charge in [0.1, 0.15) is 5.75 Å². The van der Waals surface area contributed by atoms with E-state index in [4.69, 9.17) is 4.74 Å². The molecule has 0 amide bonds. The first-order valence-electron chi connectivity index (χ1n) is 9.26. The summed E-state index contributed by atoms with van der Waals surface area (Å²) in [5.74, 6) is 1.70. The normalized spacial score (nSPS) is 14.8. The third-order valence-corrected chi connectivity index (χ3v) is 6.48. The Bertz CT molecular complexity index is 709. The number of benzene rings is 2. The average molecular weight is 645 g/mol. The van der Waals surface area contributed by atoms with E-state index in [2.05, 4.69) is 68.4 Å². The SMILES string of the molecule is CCCCC(CC)COc1ccc([I+]c2ccccc2)cc1.[F][Sb-]([F])([F])([F])([F])[F]. The second-order valence-corrected chi connectivity index (χ2v) is 15.0. The molecule has 166 valence electrons. The molecular weight excluding hydrogens is 619 g/mol. The van der Waals surface area contributed by atoms with Gasteiger partial charge in [-0.25, -0.2) is 0 Å². The van der Waals surface area contributed by atoms with Crippen LogP contribution in [0.2, 0.25) is 0 Å². The van der Waals surface area contributed by atoms with E-state index in [9.17, 15) is 16.9 Å². The maximum absolute atomic E-state index is 11.2. The molecule has 0 bridgehead atoms. The fourth-order valence-electron chi connectivity index (χ4n) is 2.31. The minimum atomic E-state index is -11.2. The Hall–Kier alpha value is -0.632. The van der Waals surface area contributed by atoms with Crippen molar-refractivity contribution in [2.24, 2.45) is 5.92 Å². The van der Waals surface area contributed by atoms with Gasteiger partial charge < -0.3 is 4.74 Å². The van der Waals surface area contributed by atoms with E-state index < -0.39 is 19.5 Å². The Morgan fingerprint density at radius 1 is 0.828 bits per heavy atom. The molecule has 0 aromatic heterocycles. The maximum atomic E-state index is 9.93. The van der Waals surface area contributed by atoms with Crippen LogP contribution in [0.3, 0.4) is 0 Å². The quantitative estimate of drug-likeness (QED) is 0.221. The van der Waals surface area contributed by atoms with Gasteiger partial charge in [0, 0.05) is 0 Å². The molecule has 1 unspecified atom stereocenters. The van der Waals surface area contributed by atoms with Gasteiger partial charge in [-0.3, -0.25) is 0 Å². The van der Waals surface area contributed by atoms with Gasteiger partial charge in [0.15, 0.2) is 7.14 Å². The molecule has 0 aliphatic rings. The Kier molecular flexibility index (Phi) is 9.65. The zero-order chi connectivity index (χ0) is 22.0. The predicted molar refractivity (Wildman–Crippen MR) is 101 cm³/mol. The van der Waals surface area contributed by atoms with Crippen LogP contribution in [0.1, 0.15) is 39.5 Å². The van der Waals surface area contributed by atoms with Crippen molar-refractivity contribution in [3.63, 3.8) is 0 Å². The summed E-state index contributed by atoms with van der Waals surface area (Å²) in [5, 5.41) is 0. The number of rotatable bonds is 9. The number of halogens is 7. The minimum absolute atomic E-state index is 0.0738. The van der Waals surface area contributed by atoms with E-state index in [1.165, 1.54) is 32.8 Å². The van der Waals surface area contributed by atoms with Crippen molar-refractivity contribution in [3.05, 3.63) is 61.7 Å². The van der Waals surface area contributed by atoms with E-state index >= 15 is 0 Å². The van der Waals surface area contributed by atoms with Crippen LogP contribution in [0.25, 0.3) is 0 Å². The molecule has 0 radical (unpaired) electrons. The molecule has 0 N–H and O–H groups in total. The number of hydrogen-bond donors (Lipinski definition) is 0. The third-order valence-electron chi connectivity index (χ3n) is 3.79. The summed E-state index contributed by atoms with van der Waals surface area (Å²) in [4.78, 5) is 0. The summed E-state index contributed by atoms with van der Waals surface area (Å²) in [7, 11) is 0. The monoisotopic (exact) mass is 644 g/mol. The van der Waals surface area contributed by atoms with Crippen LogP contribution < -0.4 is 25.9 Å². The Morgan fingerprint density at radius 3 is 1.83 bits per heavy atom. The van der Waals surface area contributed by atoms with Gasteiger partial charge >= 0.3 is 57.6 Å². The van der Waals surface area contributed by atoms with Gasteiger partial charge in [-0.05, 0) is 48.7 Å². The Morgan fingerprint density at radius 2 is 1.34 bits per heavy atom. The van der Waals surface area contributed by atoms with E-state index in [-0.39, 0.29) is 21.2 Å². The van der Waals surface area contributed by atoms with Crippen LogP contribution in [0.4, 0.5) is 16.9 Å². The van der Waals surface area contributed by atoms with E-state index in [1.807, 2.05) is 0 Å². The molecule has 0 heterocycles. The van der Waals surface area contributed by atoms with Crippen LogP contribution in [0.5, 0.6) is 5.75 Å².